The van der Waals surface area contributed by atoms with Crippen LogP contribution in [0.1, 0.15) is 36.8 Å². The summed E-state index contributed by atoms with van der Waals surface area (Å²) in [5.74, 6) is 1.79. The van der Waals surface area contributed by atoms with Gasteiger partial charge in [-0.2, -0.15) is 0 Å². The zero-order chi connectivity index (χ0) is 20.2. The van der Waals surface area contributed by atoms with Crippen molar-refractivity contribution < 1.29 is 19.7 Å². The Kier molecular flexibility index (Phi) is 8.85. The molecule has 0 aliphatic carbocycles. The Balaban J connectivity index is 1.62. The average molecular weight is 384 g/mol. The van der Waals surface area contributed by atoms with Gasteiger partial charge in [0.2, 0.25) is 0 Å². The fraction of sp³-hybridized carbons (Fsp3) is 0.364. The molecular formula is C22H28N2O4. The minimum atomic E-state index is 0.199. The van der Waals surface area contributed by atoms with E-state index in [2.05, 4.69) is 9.98 Å². The van der Waals surface area contributed by atoms with E-state index in [0.29, 0.717) is 22.6 Å². The first-order valence-corrected chi connectivity index (χ1v) is 9.37. The van der Waals surface area contributed by atoms with Gasteiger partial charge in [-0.1, -0.05) is 12.8 Å². The predicted octanol–water partition coefficient (Wildman–Crippen LogP) is 4.21. The number of phenols is 2. The molecule has 0 atom stereocenters. The Morgan fingerprint density at radius 3 is 1.54 bits per heavy atom. The zero-order valence-corrected chi connectivity index (χ0v) is 16.5. The van der Waals surface area contributed by atoms with Crippen LogP contribution in [0.2, 0.25) is 0 Å². The lowest BCUT2D eigenvalue weighted by molar-refractivity contribution is 0.412. The number of hydrogen-bond donors (Lipinski definition) is 2. The van der Waals surface area contributed by atoms with E-state index in [4.69, 9.17) is 9.47 Å². The topological polar surface area (TPSA) is 83.6 Å². The highest BCUT2D eigenvalue weighted by Crippen LogP contribution is 2.22. The third kappa shape index (κ3) is 6.95. The van der Waals surface area contributed by atoms with Crippen LogP contribution < -0.4 is 9.47 Å². The first-order valence-electron chi connectivity index (χ1n) is 9.37. The number of phenolic OH excluding ortho intramolecular Hbond substituents is 2. The molecule has 0 aliphatic heterocycles. The van der Waals surface area contributed by atoms with Crippen LogP contribution in [0.5, 0.6) is 23.0 Å². The van der Waals surface area contributed by atoms with Gasteiger partial charge in [0.25, 0.3) is 0 Å². The first-order chi connectivity index (χ1) is 13.6. The van der Waals surface area contributed by atoms with Gasteiger partial charge in [-0.25, -0.2) is 0 Å². The van der Waals surface area contributed by atoms with Gasteiger partial charge < -0.3 is 19.7 Å². The summed E-state index contributed by atoms with van der Waals surface area (Å²) in [6.45, 7) is 1.44. The average Bonchev–Trinajstić information content (AvgIpc) is 2.71. The Morgan fingerprint density at radius 2 is 1.14 bits per heavy atom. The maximum absolute atomic E-state index is 9.80. The first kappa shape index (κ1) is 21.3. The normalized spacial score (nSPS) is 11.4. The zero-order valence-electron chi connectivity index (χ0n) is 16.5. The van der Waals surface area contributed by atoms with Crippen LogP contribution in [0, 0.1) is 0 Å². The lowest BCUT2D eigenvalue weighted by Gasteiger charge is -2.03. The van der Waals surface area contributed by atoms with Gasteiger partial charge in [-0.05, 0) is 49.2 Å². The molecule has 0 aromatic heterocycles. The molecule has 0 radical (unpaired) electrons. The summed E-state index contributed by atoms with van der Waals surface area (Å²) in [4.78, 5) is 8.74. The molecule has 0 saturated carbocycles. The second kappa shape index (κ2) is 11.6. The van der Waals surface area contributed by atoms with Crippen LogP contribution in [-0.2, 0) is 0 Å². The summed E-state index contributed by atoms with van der Waals surface area (Å²) in [6, 6.07) is 10.2. The summed E-state index contributed by atoms with van der Waals surface area (Å²) < 4.78 is 10.3. The molecule has 0 bridgehead atoms. The van der Waals surface area contributed by atoms with Crippen LogP contribution in [0.3, 0.4) is 0 Å². The molecule has 0 heterocycles. The van der Waals surface area contributed by atoms with Crippen LogP contribution in [0.15, 0.2) is 46.4 Å². The molecule has 6 nitrogen and oxygen atoms in total. The fourth-order valence-electron chi connectivity index (χ4n) is 2.61. The van der Waals surface area contributed by atoms with E-state index in [0.717, 1.165) is 38.8 Å². The molecule has 0 unspecified atom stereocenters. The van der Waals surface area contributed by atoms with Crippen molar-refractivity contribution in [1.29, 1.82) is 0 Å². The predicted molar refractivity (Wildman–Crippen MR) is 113 cm³/mol. The van der Waals surface area contributed by atoms with Crippen molar-refractivity contribution in [3.8, 4) is 23.0 Å². The molecule has 2 aromatic rings. The van der Waals surface area contributed by atoms with E-state index in [1.807, 2.05) is 0 Å². The smallest absolute Gasteiger partial charge is 0.124 e. The van der Waals surface area contributed by atoms with Gasteiger partial charge in [0, 0.05) is 36.6 Å². The summed E-state index contributed by atoms with van der Waals surface area (Å²) >= 11 is 0. The highest BCUT2D eigenvalue weighted by molar-refractivity contribution is 5.84. The standard InChI is InChI=1S/C22H28N2O4/c1-27-19-7-9-21(25)17(13-19)15-23-11-5-3-4-6-12-24-16-18-14-20(28-2)8-10-22(18)26/h7-10,13-16,25-26H,3-6,11-12H2,1-2H3. The highest BCUT2D eigenvalue weighted by atomic mass is 16.5. The second-order valence-electron chi connectivity index (χ2n) is 6.33. The summed E-state index contributed by atoms with van der Waals surface area (Å²) in [7, 11) is 3.19. The van der Waals surface area contributed by atoms with Gasteiger partial charge in [0.1, 0.15) is 23.0 Å². The van der Waals surface area contributed by atoms with E-state index in [-0.39, 0.29) is 11.5 Å². The molecule has 0 fully saturated rings. The minimum Gasteiger partial charge on any atom is -0.507 e. The maximum atomic E-state index is 9.80. The Bertz CT molecular complexity index is 736. The van der Waals surface area contributed by atoms with Crippen LogP contribution in [0.25, 0.3) is 0 Å². The van der Waals surface area contributed by atoms with Crippen LogP contribution in [-0.4, -0.2) is 50.0 Å². The molecule has 6 heteroatoms. The molecular weight excluding hydrogens is 356 g/mol. The maximum Gasteiger partial charge on any atom is 0.124 e. The van der Waals surface area contributed by atoms with Crippen molar-refractivity contribution in [3.05, 3.63) is 47.5 Å². The lowest BCUT2D eigenvalue weighted by Crippen LogP contribution is -1.90. The number of hydrogen-bond acceptors (Lipinski definition) is 6. The number of aliphatic imine (C=N–C) groups is 2. The van der Waals surface area contributed by atoms with Gasteiger partial charge in [-0.3, -0.25) is 9.98 Å². The largest absolute Gasteiger partial charge is 0.507 e. The third-order valence-corrected chi connectivity index (χ3v) is 4.25. The van der Waals surface area contributed by atoms with E-state index in [9.17, 15) is 10.2 Å². The number of rotatable bonds is 11. The van der Waals surface area contributed by atoms with Crippen LogP contribution in [0.4, 0.5) is 0 Å². The summed E-state index contributed by atoms with van der Waals surface area (Å²) in [5.41, 5.74) is 1.32. The minimum absolute atomic E-state index is 0.199. The van der Waals surface area contributed by atoms with Crippen molar-refractivity contribution in [1.82, 2.24) is 0 Å². The monoisotopic (exact) mass is 384 g/mol. The number of unbranched alkanes of at least 4 members (excludes halogenated alkanes) is 3. The Hall–Kier alpha value is -3.02. The molecule has 0 amide bonds. The van der Waals surface area contributed by atoms with E-state index >= 15 is 0 Å². The molecule has 2 rings (SSSR count). The van der Waals surface area contributed by atoms with Gasteiger partial charge in [0.05, 0.1) is 14.2 Å². The SMILES string of the molecule is COc1ccc(O)c(C=NCCCCCCN=Cc2cc(OC)ccc2O)c1. The Morgan fingerprint density at radius 1 is 0.714 bits per heavy atom. The number of nitrogens with zero attached hydrogens (tertiary/aromatic N) is 2. The van der Waals surface area contributed by atoms with E-state index in [1.54, 1.807) is 63.0 Å². The summed E-state index contributed by atoms with van der Waals surface area (Å²) in [6.07, 6.45) is 7.48. The number of benzene rings is 2. The van der Waals surface area contributed by atoms with Crippen molar-refractivity contribution in [3.63, 3.8) is 0 Å². The lowest BCUT2D eigenvalue weighted by atomic mass is 10.2. The molecule has 28 heavy (non-hydrogen) atoms. The number of aromatic hydroxyl groups is 2. The van der Waals surface area contributed by atoms with Gasteiger partial charge in [0.15, 0.2) is 0 Å². The van der Waals surface area contributed by atoms with Gasteiger partial charge >= 0.3 is 0 Å². The molecule has 2 aromatic carbocycles. The molecule has 0 saturated heterocycles. The molecule has 0 spiro atoms. The number of methoxy groups -OCH3 is 2. The van der Waals surface area contributed by atoms with Crippen LogP contribution >= 0.6 is 0 Å². The summed E-state index contributed by atoms with van der Waals surface area (Å²) in [5, 5.41) is 19.6. The van der Waals surface area contributed by atoms with Crippen molar-refractivity contribution in [2.24, 2.45) is 9.98 Å². The fourth-order valence-corrected chi connectivity index (χ4v) is 2.61. The van der Waals surface area contributed by atoms with Crippen molar-refractivity contribution >= 4 is 12.4 Å². The molecule has 150 valence electrons. The van der Waals surface area contributed by atoms with Crippen molar-refractivity contribution in [2.75, 3.05) is 27.3 Å². The van der Waals surface area contributed by atoms with Gasteiger partial charge in [-0.15, -0.1) is 0 Å². The quantitative estimate of drug-likeness (QED) is 0.449. The van der Waals surface area contributed by atoms with E-state index < -0.39 is 0 Å². The molecule has 2 N–H and O–H groups in total. The third-order valence-electron chi connectivity index (χ3n) is 4.25. The number of ether oxygens (including phenoxy) is 2. The second-order valence-corrected chi connectivity index (χ2v) is 6.33. The Labute approximate surface area is 166 Å². The van der Waals surface area contributed by atoms with Crippen molar-refractivity contribution in [2.45, 2.75) is 25.7 Å². The highest BCUT2D eigenvalue weighted by Gasteiger charge is 2.01. The molecule has 0 aliphatic rings. The van der Waals surface area contributed by atoms with E-state index in [1.165, 1.54) is 0 Å².